The smallest absolute Gasteiger partial charge is 0.275 e. The minimum atomic E-state index is -0.561. The molecule has 6 rings (SSSR count). The lowest BCUT2D eigenvalue weighted by Crippen LogP contribution is -2.52. The van der Waals surface area contributed by atoms with E-state index in [0.29, 0.717) is 34.0 Å². The van der Waals surface area contributed by atoms with Crippen LogP contribution in [0.2, 0.25) is 5.02 Å². The Balaban J connectivity index is 1.29. The van der Waals surface area contributed by atoms with E-state index in [0.717, 1.165) is 49.7 Å². The van der Waals surface area contributed by atoms with Crippen LogP contribution in [0, 0.1) is 17.3 Å². The average Bonchev–Trinajstić information content (AvgIpc) is 3.59. The van der Waals surface area contributed by atoms with Gasteiger partial charge in [-0.15, -0.1) is 10.6 Å². The molecular formula is C31H38ClN7O2. The molecule has 10 heteroatoms. The Morgan fingerprint density at radius 1 is 1.07 bits per heavy atom. The van der Waals surface area contributed by atoms with E-state index in [-0.39, 0.29) is 29.8 Å². The molecule has 2 amide bonds. The van der Waals surface area contributed by atoms with E-state index in [2.05, 4.69) is 52.6 Å². The Labute approximate surface area is 246 Å². The highest BCUT2D eigenvalue weighted by atomic mass is 35.5. The Morgan fingerprint density at radius 2 is 1.76 bits per heavy atom. The molecule has 0 saturated heterocycles. The monoisotopic (exact) mass is 575 g/mol. The highest BCUT2D eigenvalue weighted by Gasteiger charge is 2.55. The molecule has 0 radical (unpaired) electrons. The van der Waals surface area contributed by atoms with Crippen LogP contribution in [0.1, 0.15) is 86.8 Å². The predicted octanol–water partition coefficient (Wildman–Crippen LogP) is 4.71. The number of rotatable bonds is 7. The molecule has 2 saturated carbocycles. The van der Waals surface area contributed by atoms with Gasteiger partial charge in [0.05, 0.1) is 12.6 Å². The van der Waals surface area contributed by atoms with Crippen LogP contribution in [0.4, 0.5) is 0 Å². The van der Waals surface area contributed by atoms with Crippen LogP contribution in [0.15, 0.2) is 58.6 Å². The van der Waals surface area contributed by atoms with Crippen molar-refractivity contribution in [2.75, 3.05) is 6.54 Å². The second kappa shape index (κ2) is 10.8. The van der Waals surface area contributed by atoms with Gasteiger partial charge in [-0.05, 0) is 85.6 Å². The maximum Gasteiger partial charge on any atom is 0.275 e. The van der Waals surface area contributed by atoms with E-state index < -0.39 is 5.66 Å². The van der Waals surface area contributed by atoms with Crippen LogP contribution in [0.3, 0.4) is 0 Å². The van der Waals surface area contributed by atoms with E-state index in [4.69, 9.17) is 16.6 Å². The minimum Gasteiger partial charge on any atom is -0.345 e. The number of amides is 2. The fourth-order valence-electron chi connectivity index (χ4n) is 6.54. The van der Waals surface area contributed by atoms with Crippen molar-refractivity contribution in [3.63, 3.8) is 0 Å². The molecule has 2 aromatic carbocycles. The summed E-state index contributed by atoms with van der Waals surface area (Å²) in [5.41, 5.74) is 10.7. The molecule has 2 fully saturated rings. The molecule has 2 aromatic rings. The number of amidine groups is 1. The number of hydrogen-bond acceptors (Lipinski definition) is 7. The van der Waals surface area contributed by atoms with Crippen molar-refractivity contribution < 1.29 is 9.59 Å². The molecular weight excluding hydrogens is 538 g/mol. The SMILES string of the molecule is CC(C)(C)C1CCC2(CC1)N=C(c1ccc(Cl)cc1)C(=O)N2[C@@H](c1ccc(C(=O)NCC2=NNNN2)cc1)C1CC1. The maximum atomic E-state index is 14.3. The lowest BCUT2D eigenvalue weighted by molar-refractivity contribution is -0.134. The molecule has 41 heavy (non-hydrogen) atoms. The van der Waals surface area contributed by atoms with Crippen molar-refractivity contribution >= 4 is 35.0 Å². The topological polar surface area (TPSA) is 110 Å². The van der Waals surface area contributed by atoms with Crippen LogP contribution >= 0.6 is 11.6 Å². The van der Waals surface area contributed by atoms with E-state index in [9.17, 15) is 9.59 Å². The summed E-state index contributed by atoms with van der Waals surface area (Å²) in [4.78, 5) is 34.5. The summed E-state index contributed by atoms with van der Waals surface area (Å²) in [6.07, 6.45) is 5.92. The van der Waals surface area contributed by atoms with E-state index in [1.807, 2.05) is 48.5 Å². The molecule has 2 aliphatic heterocycles. The zero-order chi connectivity index (χ0) is 28.8. The van der Waals surface area contributed by atoms with Crippen LogP contribution < -0.4 is 21.8 Å². The number of halogens is 1. The number of nitrogens with zero attached hydrogens (tertiary/aromatic N) is 3. The number of carbonyl (C=O) groups is 2. The number of hydrogen-bond donors (Lipinski definition) is 4. The fraction of sp³-hybridized carbons (Fsp3) is 0.484. The fourth-order valence-corrected chi connectivity index (χ4v) is 6.67. The number of benzene rings is 2. The summed E-state index contributed by atoms with van der Waals surface area (Å²) in [7, 11) is 0. The van der Waals surface area contributed by atoms with Crippen molar-refractivity contribution in [2.24, 2.45) is 27.3 Å². The summed E-state index contributed by atoms with van der Waals surface area (Å²) >= 11 is 6.17. The Hall–Kier alpha value is -3.43. The van der Waals surface area contributed by atoms with Crippen LogP contribution in [-0.2, 0) is 4.79 Å². The standard InChI is InChI=1S/C31H38ClN7O2/c1-30(2,3)23-14-16-31(17-15-23)34-26(19-10-12-24(32)13-11-19)29(41)39(31)27(20-4-5-20)21-6-8-22(9-7-21)28(40)33-18-25-35-37-38-36-25/h6-13,20,23,27,37-38H,4-5,14-18H2,1-3H3,(H,33,40)(H,35,36)/t23?,27-,31?/m1/s1. The summed E-state index contributed by atoms with van der Waals surface area (Å²) in [5.74, 6) is 1.38. The minimum absolute atomic E-state index is 0.00712. The van der Waals surface area contributed by atoms with Gasteiger partial charge in [-0.3, -0.25) is 20.0 Å². The van der Waals surface area contributed by atoms with Gasteiger partial charge in [-0.2, -0.15) is 0 Å². The van der Waals surface area contributed by atoms with Gasteiger partial charge in [-0.25, -0.2) is 5.53 Å². The van der Waals surface area contributed by atoms with Crippen molar-refractivity contribution in [2.45, 2.75) is 71.0 Å². The third-order valence-electron chi connectivity index (χ3n) is 9.05. The molecule has 4 N–H and O–H groups in total. The third kappa shape index (κ3) is 5.57. The van der Waals surface area contributed by atoms with E-state index in [1.54, 1.807) is 0 Å². The van der Waals surface area contributed by atoms with Gasteiger partial charge in [-0.1, -0.05) is 56.6 Å². The lowest BCUT2D eigenvalue weighted by atomic mass is 9.69. The Morgan fingerprint density at radius 3 is 2.34 bits per heavy atom. The molecule has 0 unspecified atom stereocenters. The van der Waals surface area contributed by atoms with Gasteiger partial charge in [0.25, 0.3) is 11.8 Å². The van der Waals surface area contributed by atoms with Crippen LogP contribution in [0.5, 0.6) is 0 Å². The number of carbonyl (C=O) groups excluding carboxylic acids is 2. The summed E-state index contributed by atoms with van der Waals surface area (Å²) in [5, 5.41) is 7.49. The molecule has 4 aliphatic rings. The molecule has 1 atom stereocenters. The number of hydrazone groups is 1. The van der Waals surface area contributed by atoms with E-state index in [1.165, 1.54) is 0 Å². The zero-order valence-electron chi connectivity index (χ0n) is 23.8. The molecule has 9 nitrogen and oxygen atoms in total. The molecule has 2 heterocycles. The summed E-state index contributed by atoms with van der Waals surface area (Å²) in [6.45, 7) is 7.21. The second-order valence-electron chi connectivity index (χ2n) is 12.8. The first-order valence-electron chi connectivity index (χ1n) is 14.5. The van der Waals surface area contributed by atoms with Crippen LogP contribution in [0.25, 0.3) is 0 Å². The largest absolute Gasteiger partial charge is 0.345 e. The van der Waals surface area contributed by atoms with Gasteiger partial charge in [0.2, 0.25) is 0 Å². The number of aliphatic imine (C=N–C) groups is 1. The molecule has 0 bridgehead atoms. The first-order chi connectivity index (χ1) is 19.6. The molecule has 1 spiro atoms. The highest BCUT2D eigenvalue weighted by molar-refractivity contribution is 6.47. The summed E-state index contributed by atoms with van der Waals surface area (Å²) in [6, 6.07) is 15.1. The van der Waals surface area contributed by atoms with E-state index >= 15 is 0 Å². The van der Waals surface area contributed by atoms with Gasteiger partial charge in [0, 0.05) is 16.1 Å². The molecule has 0 aromatic heterocycles. The van der Waals surface area contributed by atoms with Crippen molar-refractivity contribution in [3.05, 3.63) is 70.2 Å². The lowest BCUT2D eigenvalue weighted by Gasteiger charge is -2.47. The molecule has 2 aliphatic carbocycles. The van der Waals surface area contributed by atoms with Gasteiger partial charge in [0.1, 0.15) is 11.4 Å². The Bertz CT molecular complexity index is 1370. The van der Waals surface area contributed by atoms with Crippen molar-refractivity contribution in [3.8, 4) is 0 Å². The highest BCUT2D eigenvalue weighted by Crippen LogP contribution is 2.54. The summed E-state index contributed by atoms with van der Waals surface area (Å²) < 4.78 is 0. The first kappa shape index (κ1) is 27.7. The number of hydrazine groups is 2. The van der Waals surface area contributed by atoms with Gasteiger partial charge in [0.15, 0.2) is 5.84 Å². The predicted molar refractivity (Wildman–Crippen MR) is 160 cm³/mol. The third-order valence-corrected chi connectivity index (χ3v) is 9.30. The zero-order valence-corrected chi connectivity index (χ0v) is 24.6. The second-order valence-corrected chi connectivity index (χ2v) is 13.2. The average molecular weight is 576 g/mol. The van der Waals surface area contributed by atoms with Crippen molar-refractivity contribution in [1.82, 2.24) is 26.7 Å². The molecule has 216 valence electrons. The quantitative estimate of drug-likeness (QED) is 0.382. The number of nitrogens with one attached hydrogen (secondary N) is 4. The van der Waals surface area contributed by atoms with Crippen molar-refractivity contribution in [1.29, 1.82) is 0 Å². The normalized spacial score (nSPS) is 24.9. The maximum absolute atomic E-state index is 14.3. The van der Waals surface area contributed by atoms with Gasteiger partial charge >= 0.3 is 0 Å². The van der Waals surface area contributed by atoms with Gasteiger partial charge < -0.3 is 10.2 Å². The van der Waals surface area contributed by atoms with Crippen LogP contribution in [-0.4, -0.2) is 40.5 Å². The first-order valence-corrected chi connectivity index (χ1v) is 14.9. The Kier molecular flexibility index (Phi) is 7.28.